The zero-order valence-electron chi connectivity index (χ0n) is 19.8. The Morgan fingerprint density at radius 3 is 0.861 bits per heavy atom. The van der Waals surface area contributed by atoms with Crippen LogP contribution < -0.4 is 42.4 Å². The Labute approximate surface area is 233 Å². The molecule has 0 heterocycles. The molecule has 0 spiro atoms. The second-order valence-corrected chi connectivity index (χ2v) is 13.4. The van der Waals surface area contributed by atoms with E-state index >= 15 is 0 Å². The van der Waals surface area contributed by atoms with Gasteiger partial charge < -0.3 is 10.2 Å². The number of rotatable bonds is 9. The first-order valence-corrected chi connectivity index (χ1v) is 15.8. The van der Waals surface area contributed by atoms with Gasteiger partial charge in [-0.2, -0.15) is 0 Å². The van der Waals surface area contributed by atoms with Crippen molar-refractivity contribution in [2.75, 3.05) is 0 Å². The van der Waals surface area contributed by atoms with E-state index in [1.165, 1.54) is 14.3 Å². The summed E-state index contributed by atoms with van der Waals surface area (Å²) in [4.78, 5) is 19.8. The first-order chi connectivity index (χ1) is 17.5. The summed E-state index contributed by atoms with van der Waals surface area (Å²) in [7, 11) is 0. The number of halogens is 2. The maximum absolute atomic E-state index is 9.90. The van der Waals surface area contributed by atoms with Gasteiger partial charge in [-0.3, -0.25) is 9.59 Å². The molecule has 0 bridgehead atoms. The predicted octanol–water partition coefficient (Wildman–Crippen LogP) is 0.346. The molecule has 190 valence electrons. The van der Waals surface area contributed by atoms with Crippen LogP contribution in [-0.2, 0) is 9.59 Å². The molecule has 0 fully saturated rings. The Balaban J connectivity index is 0.000000193. The van der Waals surface area contributed by atoms with Crippen LogP contribution in [0.1, 0.15) is 25.7 Å². The molecule has 4 rings (SSSR count). The minimum absolute atomic E-state index is 0.0287. The van der Waals surface area contributed by atoms with Crippen molar-refractivity contribution in [2.24, 2.45) is 0 Å². The molecule has 4 aromatic rings. The van der Waals surface area contributed by atoms with Gasteiger partial charge in [0.1, 0.15) is 0 Å². The van der Waals surface area contributed by atoms with Gasteiger partial charge in [-0.25, -0.2) is 0 Å². The molecule has 0 unspecified atom stereocenters. The third-order valence-corrected chi connectivity index (χ3v) is 9.77. The zero-order chi connectivity index (χ0) is 25.8. The van der Waals surface area contributed by atoms with Crippen LogP contribution in [0.5, 0.6) is 0 Å². The van der Waals surface area contributed by atoms with Gasteiger partial charge in [0, 0.05) is 12.8 Å². The fraction of sp³-hybridized carbons (Fsp3) is 0.133. The van der Waals surface area contributed by atoms with E-state index in [1.54, 1.807) is 0 Å². The van der Waals surface area contributed by atoms with Crippen molar-refractivity contribution in [1.82, 2.24) is 0 Å². The molecule has 0 radical (unpaired) electrons. The molecular formula is C30H30I2O4-2. The molecule has 0 aliphatic carbocycles. The van der Waals surface area contributed by atoms with Gasteiger partial charge in [0.15, 0.2) is 0 Å². The van der Waals surface area contributed by atoms with E-state index in [-0.39, 0.29) is 55.3 Å². The van der Waals surface area contributed by atoms with Crippen LogP contribution >= 0.6 is 0 Å². The average Bonchev–Trinajstić information content (AvgIpc) is 2.90. The Bertz CT molecular complexity index is 955. The quantitative estimate of drug-likeness (QED) is 0.195. The monoisotopic (exact) mass is 708 g/mol. The fourth-order valence-electron chi connectivity index (χ4n) is 2.72. The molecule has 2 N–H and O–H groups in total. The van der Waals surface area contributed by atoms with Crippen molar-refractivity contribution in [3.05, 3.63) is 136 Å². The summed E-state index contributed by atoms with van der Waals surface area (Å²) in [6.45, 7) is 0. The second-order valence-electron chi connectivity index (χ2n) is 7.37. The van der Waals surface area contributed by atoms with Crippen molar-refractivity contribution in [2.45, 2.75) is 25.7 Å². The van der Waals surface area contributed by atoms with Crippen LogP contribution in [0.15, 0.2) is 121 Å². The summed E-state index contributed by atoms with van der Waals surface area (Å²) in [6.07, 6.45) is 1.02. The van der Waals surface area contributed by atoms with Crippen LogP contribution in [0.4, 0.5) is 0 Å². The average molecular weight is 708 g/mol. The summed E-state index contributed by atoms with van der Waals surface area (Å²) < 4.78 is 5.92. The van der Waals surface area contributed by atoms with Crippen LogP contribution in [-0.4, -0.2) is 22.2 Å². The molecule has 36 heavy (non-hydrogen) atoms. The summed E-state index contributed by atoms with van der Waals surface area (Å²) in [5.74, 6) is -1.74. The molecule has 0 amide bonds. The molecule has 0 aliphatic heterocycles. The van der Waals surface area contributed by atoms with E-state index in [1.807, 2.05) is 0 Å². The SMILES string of the molecule is O=C(O)CCCCC(=O)O.c1ccc([I-]c2ccccc2)cc1.c1ccc([I-]c2ccccc2)cc1. The third-order valence-electron chi connectivity index (χ3n) is 4.40. The van der Waals surface area contributed by atoms with Gasteiger partial charge in [-0.1, -0.05) is 0 Å². The Morgan fingerprint density at radius 2 is 0.667 bits per heavy atom. The first-order valence-electron chi connectivity index (χ1n) is 11.5. The third kappa shape index (κ3) is 14.6. The molecular weight excluding hydrogens is 678 g/mol. The Hall–Kier alpha value is -2.72. The van der Waals surface area contributed by atoms with E-state index in [9.17, 15) is 9.59 Å². The number of benzene rings is 4. The van der Waals surface area contributed by atoms with Crippen molar-refractivity contribution < 1.29 is 62.2 Å². The number of hydrogen-bond donors (Lipinski definition) is 2. The molecule has 0 aliphatic rings. The number of unbranched alkanes of at least 4 members (excludes halogenated alkanes) is 1. The molecule has 0 saturated heterocycles. The maximum atomic E-state index is 9.90. The van der Waals surface area contributed by atoms with Gasteiger partial charge in [-0.15, -0.1) is 0 Å². The molecule has 0 aromatic heterocycles. The Morgan fingerprint density at radius 1 is 0.444 bits per heavy atom. The van der Waals surface area contributed by atoms with E-state index in [0.29, 0.717) is 12.8 Å². The number of carboxylic acid groups (broad SMARTS) is 2. The molecule has 0 atom stereocenters. The Kier molecular flexibility index (Phi) is 15.2. The van der Waals surface area contributed by atoms with Crippen molar-refractivity contribution in [3.8, 4) is 0 Å². The van der Waals surface area contributed by atoms with Crippen LogP contribution in [0.25, 0.3) is 0 Å². The van der Waals surface area contributed by atoms with Crippen LogP contribution in [0, 0.1) is 14.3 Å². The number of aliphatic carboxylic acids is 2. The molecule has 4 nitrogen and oxygen atoms in total. The number of hydrogen-bond acceptors (Lipinski definition) is 2. The minimum atomic E-state index is -0.870. The van der Waals surface area contributed by atoms with Gasteiger partial charge >= 0.3 is 190 Å². The summed E-state index contributed by atoms with van der Waals surface area (Å²) >= 11 is 0.0574. The zero-order valence-corrected chi connectivity index (χ0v) is 24.2. The second kappa shape index (κ2) is 18.5. The molecule has 0 saturated carbocycles. The summed E-state index contributed by atoms with van der Waals surface area (Å²) in [6, 6.07) is 42.8. The predicted molar refractivity (Wildman–Crippen MR) is 134 cm³/mol. The van der Waals surface area contributed by atoms with Crippen molar-refractivity contribution in [3.63, 3.8) is 0 Å². The molecule has 4 aromatic carbocycles. The number of carbonyl (C=O) groups is 2. The standard InChI is InChI=1S/2C12H10I.C6H10O4/c2*1-3-7-11(8-4-1)13-12-9-5-2-6-10-12;7-5(8)3-1-2-4-6(9)10/h2*1-10H;1-4H2,(H,7,8)(H,9,10)/q2*-1;. The fourth-order valence-corrected chi connectivity index (χ4v) is 7.25. The summed E-state index contributed by atoms with van der Waals surface area (Å²) in [5.41, 5.74) is 0. The van der Waals surface area contributed by atoms with Crippen LogP contribution in [0.3, 0.4) is 0 Å². The van der Waals surface area contributed by atoms with E-state index in [4.69, 9.17) is 10.2 Å². The van der Waals surface area contributed by atoms with Gasteiger partial charge in [0.25, 0.3) is 0 Å². The number of carboxylic acids is 2. The van der Waals surface area contributed by atoms with Gasteiger partial charge in [-0.05, 0) is 12.8 Å². The van der Waals surface area contributed by atoms with Gasteiger partial charge in [0.2, 0.25) is 0 Å². The van der Waals surface area contributed by atoms with E-state index < -0.39 is 11.9 Å². The molecule has 6 heteroatoms. The van der Waals surface area contributed by atoms with E-state index in [2.05, 4.69) is 121 Å². The topological polar surface area (TPSA) is 74.6 Å². The van der Waals surface area contributed by atoms with Crippen molar-refractivity contribution in [1.29, 1.82) is 0 Å². The van der Waals surface area contributed by atoms with E-state index in [0.717, 1.165) is 0 Å². The normalized spacial score (nSPS) is 9.89. The van der Waals surface area contributed by atoms with Gasteiger partial charge in [0.05, 0.1) is 0 Å². The van der Waals surface area contributed by atoms with Crippen molar-refractivity contribution >= 4 is 11.9 Å². The summed E-state index contributed by atoms with van der Waals surface area (Å²) in [5, 5.41) is 16.3. The van der Waals surface area contributed by atoms with Crippen LogP contribution in [0.2, 0.25) is 0 Å². The first kappa shape index (κ1) is 29.5.